The van der Waals surface area contributed by atoms with E-state index in [4.69, 9.17) is 4.74 Å². The van der Waals surface area contributed by atoms with Crippen molar-refractivity contribution in [3.05, 3.63) is 45.8 Å². The van der Waals surface area contributed by atoms with Crippen molar-refractivity contribution in [1.82, 2.24) is 9.78 Å². The molecule has 0 unspecified atom stereocenters. The fraction of sp³-hybridized carbons (Fsp3) is 0.286. The number of aromatic nitrogens is 2. The summed E-state index contributed by atoms with van der Waals surface area (Å²) >= 11 is 0. The van der Waals surface area contributed by atoms with Gasteiger partial charge in [0.05, 0.1) is 28.1 Å². The summed E-state index contributed by atoms with van der Waals surface area (Å²) in [7, 11) is 1.79. The molecule has 0 aliphatic carbocycles. The molecule has 22 heavy (non-hydrogen) atoms. The standard InChI is InChI=1S/C14H16N4O4/c1-9-14(10(2)17(3)16-9)15-13(19)8-22-12-6-4-5-11(7-12)18(20)21/h4-7H,8H2,1-3H3,(H,15,19). The van der Waals surface area contributed by atoms with Crippen molar-refractivity contribution in [2.45, 2.75) is 13.8 Å². The van der Waals surface area contributed by atoms with Gasteiger partial charge in [-0.15, -0.1) is 0 Å². The van der Waals surface area contributed by atoms with E-state index < -0.39 is 4.92 Å². The topological polar surface area (TPSA) is 99.3 Å². The van der Waals surface area contributed by atoms with Crippen LogP contribution >= 0.6 is 0 Å². The summed E-state index contributed by atoms with van der Waals surface area (Å²) in [5.74, 6) is -0.0883. The van der Waals surface area contributed by atoms with Gasteiger partial charge in [-0.2, -0.15) is 5.10 Å². The SMILES string of the molecule is Cc1nn(C)c(C)c1NC(=O)COc1cccc([N+](=O)[O-])c1. The zero-order chi connectivity index (χ0) is 16.3. The number of hydrogen-bond donors (Lipinski definition) is 1. The largest absolute Gasteiger partial charge is 0.484 e. The number of nitrogens with one attached hydrogen (secondary N) is 1. The Balaban J connectivity index is 1.98. The minimum absolute atomic E-state index is 0.0862. The molecule has 0 radical (unpaired) electrons. The molecule has 1 heterocycles. The average Bonchev–Trinajstić information content (AvgIpc) is 2.72. The first-order valence-corrected chi connectivity index (χ1v) is 6.56. The summed E-state index contributed by atoms with van der Waals surface area (Å²) in [5.41, 5.74) is 2.11. The third-order valence-corrected chi connectivity index (χ3v) is 3.17. The van der Waals surface area contributed by atoms with E-state index >= 15 is 0 Å². The van der Waals surface area contributed by atoms with Crippen molar-refractivity contribution in [3.8, 4) is 5.75 Å². The fourth-order valence-electron chi connectivity index (χ4n) is 1.97. The molecule has 0 saturated carbocycles. The second-order valence-corrected chi connectivity index (χ2v) is 4.76. The van der Waals surface area contributed by atoms with E-state index in [0.29, 0.717) is 11.4 Å². The summed E-state index contributed by atoms with van der Waals surface area (Å²) in [6.45, 7) is 3.40. The number of nitro benzene ring substituents is 1. The van der Waals surface area contributed by atoms with Crippen LogP contribution in [0.2, 0.25) is 0 Å². The van der Waals surface area contributed by atoms with Crippen molar-refractivity contribution < 1.29 is 14.5 Å². The number of hydrogen-bond acceptors (Lipinski definition) is 5. The molecule has 2 aromatic rings. The van der Waals surface area contributed by atoms with E-state index in [1.807, 2.05) is 6.92 Å². The summed E-state index contributed by atoms with van der Waals surface area (Å²) < 4.78 is 6.95. The molecule has 1 aromatic heterocycles. The molecule has 0 atom stereocenters. The highest BCUT2D eigenvalue weighted by Gasteiger charge is 2.13. The van der Waals surface area contributed by atoms with Crippen molar-refractivity contribution in [2.75, 3.05) is 11.9 Å². The van der Waals surface area contributed by atoms with Crippen LogP contribution < -0.4 is 10.1 Å². The Bertz CT molecular complexity index is 724. The Labute approximate surface area is 126 Å². The molecule has 0 spiro atoms. The third kappa shape index (κ3) is 3.40. The van der Waals surface area contributed by atoms with E-state index in [-0.39, 0.29) is 24.0 Å². The molecule has 0 saturated heterocycles. The van der Waals surface area contributed by atoms with Crippen molar-refractivity contribution >= 4 is 17.3 Å². The van der Waals surface area contributed by atoms with E-state index in [1.54, 1.807) is 24.7 Å². The number of carbonyl (C=O) groups excluding carboxylic acids is 1. The highest BCUT2D eigenvalue weighted by atomic mass is 16.6. The van der Waals surface area contributed by atoms with Gasteiger partial charge in [0.15, 0.2) is 6.61 Å². The highest BCUT2D eigenvalue weighted by molar-refractivity contribution is 5.93. The summed E-state index contributed by atoms with van der Waals surface area (Å²) in [6, 6.07) is 5.69. The van der Waals surface area contributed by atoms with Crippen molar-refractivity contribution in [3.63, 3.8) is 0 Å². The summed E-state index contributed by atoms with van der Waals surface area (Å²) in [6.07, 6.45) is 0. The summed E-state index contributed by atoms with van der Waals surface area (Å²) in [5, 5.41) is 17.6. The number of anilines is 1. The minimum atomic E-state index is -0.519. The van der Waals surface area contributed by atoms with Crippen molar-refractivity contribution in [1.29, 1.82) is 0 Å². The molecule has 1 aromatic carbocycles. The number of aryl methyl sites for hydroxylation is 2. The van der Waals surface area contributed by atoms with Crippen LogP contribution in [0.3, 0.4) is 0 Å². The zero-order valence-corrected chi connectivity index (χ0v) is 12.5. The van der Waals surface area contributed by atoms with E-state index in [2.05, 4.69) is 10.4 Å². The van der Waals surface area contributed by atoms with Gasteiger partial charge in [0, 0.05) is 13.1 Å². The van der Waals surface area contributed by atoms with Gasteiger partial charge in [0.2, 0.25) is 0 Å². The molecule has 8 heteroatoms. The molecular weight excluding hydrogens is 288 g/mol. The zero-order valence-electron chi connectivity index (χ0n) is 12.5. The fourth-order valence-corrected chi connectivity index (χ4v) is 1.97. The van der Waals surface area contributed by atoms with Crippen LogP contribution in [0, 0.1) is 24.0 Å². The Morgan fingerprint density at radius 1 is 1.45 bits per heavy atom. The Morgan fingerprint density at radius 3 is 2.77 bits per heavy atom. The lowest BCUT2D eigenvalue weighted by molar-refractivity contribution is -0.384. The molecule has 2 rings (SSSR count). The van der Waals surface area contributed by atoms with Gasteiger partial charge in [-0.05, 0) is 19.9 Å². The van der Waals surface area contributed by atoms with Crippen LogP contribution in [0.1, 0.15) is 11.4 Å². The predicted octanol–water partition coefficient (Wildman–Crippen LogP) is 1.96. The molecule has 116 valence electrons. The number of benzene rings is 1. The lowest BCUT2D eigenvalue weighted by Crippen LogP contribution is -2.20. The molecule has 0 aliphatic heterocycles. The lowest BCUT2D eigenvalue weighted by Gasteiger charge is -2.07. The van der Waals surface area contributed by atoms with Crippen LogP contribution in [0.5, 0.6) is 5.75 Å². The quantitative estimate of drug-likeness (QED) is 0.672. The number of ether oxygens (including phenoxy) is 1. The Kier molecular flexibility index (Phi) is 4.40. The molecule has 1 amide bonds. The molecule has 8 nitrogen and oxygen atoms in total. The van der Waals surface area contributed by atoms with Gasteiger partial charge in [0.1, 0.15) is 5.75 Å². The first-order valence-electron chi connectivity index (χ1n) is 6.56. The third-order valence-electron chi connectivity index (χ3n) is 3.17. The van der Waals surface area contributed by atoms with Gasteiger partial charge in [-0.1, -0.05) is 6.07 Å². The van der Waals surface area contributed by atoms with E-state index in [9.17, 15) is 14.9 Å². The first-order chi connectivity index (χ1) is 10.4. The van der Waals surface area contributed by atoms with Crippen LogP contribution in [-0.2, 0) is 11.8 Å². The second kappa shape index (κ2) is 6.25. The van der Waals surface area contributed by atoms with Crippen molar-refractivity contribution in [2.24, 2.45) is 7.05 Å². The highest BCUT2D eigenvalue weighted by Crippen LogP contribution is 2.20. The number of rotatable bonds is 5. The first kappa shape index (κ1) is 15.5. The normalized spacial score (nSPS) is 10.3. The van der Waals surface area contributed by atoms with Gasteiger partial charge in [-0.25, -0.2) is 0 Å². The van der Waals surface area contributed by atoms with E-state index in [1.165, 1.54) is 18.2 Å². The number of carbonyl (C=O) groups is 1. The average molecular weight is 304 g/mol. The maximum Gasteiger partial charge on any atom is 0.273 e. The number of nitrogens with zero attached hydrogens (tertiary/aromatic N) is 3. The molecule has 0 bridgehead atoms. The van der Waals surface area contributed by atoms with Crippen LogP contribution in [0.4, 0.5) is 11.4 Å². The van der Waals surface area contributed by atoms with Crippen LogP contribution in [0.15, 0.2) is 24.3 Å². The van der Waals surface area contributed by atoms with Gasteiger partial charge >= 0.3 is 0 Å². The summed E-state index contributed by atoms with van der Waals surface area (Å²) in [4.78, 5) is 22.1. The van der Waals surface area contributed by atoms with Crippen LogP contribution in [-0.4, -0.2) is 27.2 Å². The molecule has 1 N–H and O–H groups in total. The second-order valence-electron chi connectivity index (χ2n) is 4.76. The minimum Gasteiger partial charge on any atom is -0.484 e. The number of non-ortho nitro benzene ring substituents is 1. The Morgan fingerprint density at radius 2 is 2.18 bits per heavy atom. The van der Waals surface area contributed by atoms with Gasteiger partial charge in [0.25, 0.3) is 11.6 Å². The maximum absolute atomic E-state index is 11.9. The van der Waals surface area contributed by atoms with Gasteiger partial charge < -0.3 is 10.1 Å². The predicted molar refractivity (Wildman–Crippen MR) is 79.9 cm³/mol. The smallest absolute Gasteiger partial charge is 0.273 e. The molecular formula is C14H16N4O4. The number of nitro groups is 1. The van der Waals surface area contributed by atoms with Crippen LogP contribution in [0.25, 0.3) is 0 Å². The lowest BCUT2D eigenvalue weighted by atomic mass is 10.3. The Hall–Kier alpha value is -2.90. The molecule has 0 fully saturated rings. The number of amides is 1. The maximum atomic E-state index is 11.9. The molecule has 0 aliphatic rings. The van der Waals surface area contributed by atoms with E-state index in [0.717, 1.165) is 5.69 Å². The monoisotopic (exact) mass is 304 g/mol. The van der Waals surface area contributed by atoms with Gasteiger partial charge in [-0.3, -0.25) is 19.6 Å².